The molecule has 2 rings (SSSR count). The molecule has 0 saturated heterocycles. The molecule has 18 heavy (non-hydrogen) atoms. The molecule has 5 heteroatoms. The lowest BCUT2D eigenvalue weighted by atomic mass is 10.0. The second kappa shape index (κ2) is 4.57. The molecule has 0 saturated carbocycles. The molecule has 0 amide bonds. The predicted octanol–water partition coefficient (Wildman–Crippen LogP) is 3.01. The SMILES string of the molecule is N#CC1=C(C(F)(F)F)C=C(c2ccccc2)NC1. The number of nitrogens with zero attached hydrogens (tertiary/aromatic N) is 1. The van der Waals surface area contributed by atoms with Crippen molar-refractivity contribution < 1.29 is 13.2 Å². The molecule has 0 aromatic heterocycles. The van der Waals surface area contributed by atoms with Crippen molar-refractivity contribution in [1.82, 2.24) is 5.32 Å². The quantitative estimate of drug-likeness (QED) is 0.831. The van der Waals surface area contributed by atoms with E-state index in [-0.39, 0.29) is 12.1 Å². The second-order valence-electron chi connectivity index (χ2n) is 3.78. The first-order valence-corrected chi connectivity index (χ1v) is 5.24. The number of alkyl halides is 3. The van der Waals surface area contributed by atoms with Crippen molar-refractivity contribution in [3.8, 4) is 6.07 Å². The van der Waals surface area contributed by atoms with Crippen LogP contribution in [-0.4, -0.2) is 12.7 Å². The number of rotatable bonds is 1. The van der Waals surface area contributed by atoms with Crippen LogP contribution in [0.5, 0.6) is 0 Å². The topological polar surface area (TPSA) is 35.8 Å². The molecule has 1 aliphatic rings. The van der Waals surface area contributed by atoms with Gasteiger partial charge in [-0.3, -0.25) is 0 Å². The molecule has 0 spiro atoms. The van der Waals surface area contributed by atoms with Crippen molar-refractivity contribution in [2.24, 2.45) is 0 Å². The van der Waals surface area contributed by atoms with E-state index < -0.39 is 11.7 Å². The van der Waals surface area contributed by atoms with E-state index in [0.717, 1.165) is 6.08 Å². The number of hydrogen-bond acceptors (Lipinski definition) is 2. The summed E-state index contributed by atoms with van der Waals surface area (Å²) in [7, 11) is 0. The lowest BCUT2D eigenvalue weighted by Crippen LogP contribution is -2.25. The van der Waals surface area contributed by atoms with Crippen molar-refractivity contribution in [2.75, 3.05) is 6.54 Å². The van der Waals surface area contributed by atoms with Crippen LogP contribution < -0.4 is 5.32 Å². The maximum atomic E-state index is 12.8. The summed E-state index contributed by atoms with van der Waals surface area (Å²) in [5.41, 5.74) is -0.122. The minimum Gasteiger partial charge on any atom is -0.380 e. The monoisotopic (exact) mass is 250 g/mol. The molecule has 92 valence electrons. The minimum atomic E-state index is -4.51. The third-order valence-corrected chi connectivity index (χ3v) is 2.59. The molecule has 1 aromatic rings. The number of halogens is 3. The van der Waals surface area contributed by atoms with Gasteiger partial charge in [-0.1, -0.05) is 30.3 Å². The van der Waals surface area contributed by atoms with E-state index in [1.165, 1.54) is 0 Å². The van der Waals surface area contributed by atoms with Crippen LogP contribution >= 0.6 is 0 Å². The Morgan fingerprint density at radius 2 is 1.83 bits per heavy atom. The van der Waals surface area contributed by atoms with E-state index in [1.54, 1.807) is 36.4 Å². The van der Waals surface area contributed by atoms with E-state index in [1.807, 2.05) is 0 Å². The van der Waals surface area contributed by atoms with Gasteiger partial charge < -0.3 is 5.32 Å². The van der Waals surface area contributed by atoms with Crippen LogP contribution in [0.4, 0.5) is 13.2 Å². The van der Waals surface area contributed by atoms with Crippen LogP contribution in [0, 0.1) is 11.3 Å². The van der Waals surface area contributed by atoms with Crippen molar-refractivity contribution in [2.45, 2.75) is 6.18 Å². The molecule has 1 heterocycles. The Bertz CT molecular complexity index is 548. The minimum absolute atomic E-state index is 0.105. The summed E-state index contributed by atoms with van der Waals surface area (Å²) in [6.07, 6.45) is -3.52. The number of hydrogen-bond donors (Lipinski definition) is 1. The van der Waals surface area contributed by atoms with Gasteiger partial charge in [0.25, 0.3) is 0 Å². The zero-order valence-corrected chi connectivity index (χ0v) is 9.25. The second-order valence-corrected chi connectivity index (χ2v) is 3.78. The number of nitriles is 1. The van der Waals surface area contributed by atoms with Crippen molar-refractivity contribution in [1.29, 1.82) is 5.26 Å². The van der Waals surface area contributed by atoms with Gasteiger partial charge in [0, 0.05) is 5.70 Å². The number of allylic oxidation sites excluding steroid dienone is 2. The molecule has 0 bridgehead atoms. The zero-order chi connectivity index (χ0) is 13.2. The van der Waals surface area contributed by atoms with Crippen molar-refractivity contribution >= 4 is 5.70 Å². The molecule has 1 N–H and O–H groups in total. The van der Waals surface area contributed by atoms with Crippen molar-refractivity contribution in [3.63, 3.8) is 0 Å². The first-order chi connectivity index (χ1) is 8.52. The maximum absolute atomic E-state index is 12.8. The molecule has 0 aliphatic carbocycles. The fraction of sp³-hybridized carbons (Fsp3) is 0.154. The largest absolute Gasteiger partial charge is 0.417 e. The summed E-state index contributed by atoms with van der Waals surface area (Å²) in [6, 6.07) is 10.3. The third kappa shape index (κ3) is 2.38. The number of nitrogens with one attached hydrogen (secondary N) is 1. The fourth-order valence-electron chi connectivity index (χ4n) is 1.72. The van der Waals surface area contributed by atoms with E-state index >= 15 is 0 Å². The molecule has 0 radical (unpaired) electrons. The average Bonchev–Trinajstić information content (AvgIpc) is 2.38. The van der Waals surface area contributed by atoms with E-state index in [0.29, 0.717) is 11.3 Å². The molecule has 0 atom stereocenters. The van der Waals surface area contributed by atoms with Gasteiger partial charge in [-0.05, 0) is 11.6 Å². The smallest absolute Gasteiger partial charge is 0.380 e. The Morgan fingerprint density at radius 1 is 1.17 bits per heavy atom. The van der Waals surface area contributed by atoms with Gasteiger partial charge in [0.05, 0.1) is 23.8 Å². The summed E-state index contributed by atoms with van der Waals surface area (Å²) in [4.78, 5) is 0. The Kier molecular flexibility index (Phi) is 3.11. The summed E-state index contributed by atoms with van der Waals surface area (Å²) in [5, 5.41) is 11.5. The summed E-state index contributed by atoms with van der Waals surface area (Å²) >= 11 is 0. The van der Waals surface area contributed by atoms with E-state index in [2.05, 4.69) is 5.32 Å². The van der Waals surface area contributed by atoms with Gasteiger partial charge >= 0.3 is 6.18 Å². The van der Waals surface area contributed by atoms with Crippen LogP contribution in [0.1, 0.15) is 5.56 Å². The summed E-state index contributed by atoms with van der Waals surface area (Å²) < 4.78 is 38.4. The van der Waals surface area contributed by atoms with Crippen LogP contribution in [-0.2, 0) is 0 Å². The Morgan fingerprint density at radius 3 is 2.39 bits per heavy atom. The highest BCUT2D eigenvalue weighted by atomic mass is 19.4. The Hall–Kier alpha value is -2.22. The first-order valence-electron chi connectivity index (χ1n) is 5.24. The molecule has 2 nitrogen and oxygen atoms in total. The predicted molar refractivity (Wildman–Crippen MR) is 61.1 cm³/mol. The van der Waals surface area contributed by atoms with E-state index in [9.17, 15) is 13.2 Å². The summed E-state index contributed by atoms with van der Waals surface area (Å²) in [5.74, 6) is 0. The van der Waals surface area contributed by atoms with Crippen LogP contribution in [0.25, 0.3) is 5.70 Å². The normalized spacial score (nSPS) is 15.8. The van der Waals surface area contributed by atoms with E-state index in [4.69, 9.17) is 5.26 Å². The van der Waals surface area contributed by atoms with Crippen LogP contribution in [0.15, 0.2) is 47.6 Å². The molecular formula is C13H9F3N2. The number of benzene rings is 1. The Labute approximate surface area is 102 Å². The number of dihydropyridines is 1. The third-order valence-electron chi connectivity index (χ3n) is 2.59. The van der Waals surface area contributed by atoms with Crippen LogP contribution in [0.3, 0.4) is 0 Å². The van der Waals surface area contributed by atoms with Crippen LogP contribution in [0.2, 0.25) is 0 Å². The summed E-state index contributed by atoms with van der Waals surface area (Å²) in [6.45, 7) is -0.105. The lowest BCUT2D eigenvalue weighted by Gasteiger charge is -2.20. The van der Waals surface area contributed by atoms with Gasteiger partial charge in [-0.15, -0.1) is 0 Å². The Balaban J connectivity index is 2.46. The highest BCUT2D eigenvalue weighted by Crippen LogP contribution is 2.33. The van der Waals surface area contributed by atoms with Crippen molar-refractivity contribution in [3.05, 3.63) is 53.1 Å². The van der Waals surface area contributed by atoms with Gasteiger partial charge in [-0.2, -0.15) is 18.4 Å². The molecule has 1 aromatic carbocycles. The molecule has 0 fully saturated rings. The average molecular weight is 250 g/mol. The maximum Gasteiger partial charge on any atom is 0.417 e. The first kappa shape index (κ1) is 12.2. The highest BCUT2D eigenvalue weighted by Gasteiger charge is 2.36. The van der Waals surface area contributed by atoms with Gasteiger partial charge in [-0.25, -0.2) is 0 Å². The zero-order valence-electron chi connectivity index (χ0n) is 9.25. The highest BCUT2D eigenvalue weighted by molar-refractivity contribution is 5.70. The molecule has 0 unspecified atom stereocenters. The fourth-order valence-corrected chi connectivity index (χ4v) is 1.72. The van der Waals surface area contributed by atoms with Gasteiger partial charge in [0.1, 0.15) is 0 Å². The standard InChI is InChI=1S/C13H9F3N2/c14-13(15,16)11-6-12(18-8-10(11)7-17)9-4-2-1-3-5-9/h1-6,18H,8H2. The van der Waals surface area contributed by atoms with Gasteiger partial charge in [0.15, 0.2) is 0 Å². The van der Waals surface area contributed by atoms with Gasteiger partial charge in [0.2, 0.25) is 0 Å². The lowest BCUT2D eigenvalue weighted by molar-refractivity contribution is -0.0889. The molecule has 1 aliphatic heterocycles. The molecular weight excluding hydrogens is 241 g/mol.